The number of carbonyl (C=O) groups excluding carboxylic acids is 5. The third-order valence-corrected chi connectivity index (χ3v) is 13.2. The number of benzene rings is 2. The van der Waals surface area contributed by atoms with E-state index in [0.29, 0.717) is 26.0 Å². The number of pyridine rings is 1. The fourth-order valence-electron chi connectivity index (χ4n) is 10.2. The van der Waals surface area contributed by atoms with Crippen LogP contribution >= 0.6 is 0 Å². The van der Waals surface area contributed by atoms with Gasteiger partial charge in [0.25, 0.3) is 12.4 Å². The number of aromatic nitrogens is 2. The van der Waals surface area contributed by atoms with E-state index < -0.39 is 17.5 Å². The summed E-state index contributed by atoms with van der Waals surface area (Å²) in [5.74, 6) is -0.675. The highest BCUT2D eigenvalue weighted by Gasteiger charge is 2.47. The first kappa shape index (κ1) is 48.6. The molecule has 2 aromatic heterocycles. The number of ether oxygens (including phenoxy) is 1. The fourth-order valence-corrected chi connectivity index (χ4v) is 10.2. The number of aryl methyl sites for hydroxylation is 1. The van der Waals surface area contributed by atoms with Gasteiger partial charge in [-0.25, -0.2) is 5.43 Å². The van der Waals surface area contributed by atoms with Crippen molar-refractivity contribution in [1.82, 2.24) is 40.0 Å². The Hall–Kier alpha value is -5.86. The molecular formula is C51H68N8O6. The summed E-state index contributed by atoms with van der Waals surface area (Å²) in [6.07, 6.45) is 10.3. The van der Waals surface area contributed by atoms with Gasteiger partial charge in [0.05, 0.1) is 12.3 Å². The minimum Gasteiger partial charge on any atom is -0.467 e. The number of nitrogens with zero attached hydrogens (tertiary/aromatic N) is 6. The Bertz CT molecular complexity index is 2340. The van der Waals surface area contributed by atoms with Crippen molar-refractivity contribution in [2.24, 2.45) is 11.3 Å². The molecule has 14 heteroatoms. The average molecular weight is 889 g/mol. The van der Waals surface area contributed by atoms with Crippen LogP contribution in [0.2, 0.25) is 0 Å². The van der Waals surface area contributed by atoms with Gasteiger partial charge in [0.1, 0.15) is 12.1 Å². The van der Waals surface area contributed by atoms with E-state index in [1.807, 2.05) is 43.3 Å². The largest absolute Gasteiger partial charge is 0.467 e. The predicted octanol–water partition coefficient (Wildman–Crippen LogP) is 6.35. The van der Waals surface area contributed by atoms with Crippen molar-refractivity contribution in [3.8, 4) is 22.4 Å². The van der Waals surface area contributed by atoms with Crippen LogP contribution < -0.4 is 10.7 Å². The van der Waals surface area contributed by atoms with Crippen LogP contribution in [0.1, 0.15) is 89.0 Å². The van der Waals surface area contributed by atoms with Crippen molar-refractivity contribution in [3.63, 3.8) is 0 Å². The van der Waals surface area contributed by atoms with E-state index >= 15 is 0 Å². The van der Waals surface area contributed by atoms with Gasteiger partial charge in [0.2, 0.25) is 18.2 Å². The van der Waals surface area contributed by atoms with Crippen molar-refractivity contribution in [2.75, 3.05) is 53.9 Å². The molecule has 1 aliphatic carbocycles. The first-order chi connectivity index (χ1) is 31.2. The second kappa shape index (κ2) is 21.4. The Labute approximate surface area is 384 Å². The Kier molecular flexibility index (Phi) is 16.0. The Morgan fingerprint density at radius 1 is 1.00 bits per heavy atom. The summed E-state index contributed by atoms with van der Waals surface area (Å²) < 4.78 is 7.87. The number of hydrogen-bond donors (Lipinski definition) is 2. The van der Waals surface area contributed by atoms with Gasteiger partial charge >= 0.3 is 0 Å². The molecule has 3 unspecified atom stereocenters. The molecule has 2 saturated heterocycles. The standard InChI is InChI=1S/C44H57N7O5.C7H11NO/c1-9-50-36-16-15-31(23-33(36)37-38(44(4,5)25-56-27-53)41(48(6)7)32-17-19-45-24-34(32)40(37)50)30-14-12-13-29(21-30)22-35(43(55)51-20-11-10-18-46-51)47-42(54)39(28(2)3)49(8)26-52;1-2-7(9)8-5-3-4-6-8/h12-17,19,21,23-24,26-28,35,38-39,41,46H,9-11,18,20,22,25H2,1-8H3,(H,47,54);2H,1,3-6H2/t35?,38?,39?,41-;/m0./s1. The molecular weight excluding hydrogens is 821 g/mol. The monoisotopic (exact) mass is 889 g/mol. The van der Waals surface area contributed by atoms with Crippen LogP contribution in [-0.4, -0.2) is 126 Å². The molecule has 65 heavy (non-hydrogen) atoms. The highest BCUT2D eigenvalue weighted by molar-refractivity contribution is 5.97. The molecule has 0 saturated carbocycles. The lowest BCUT2D eigenvalue weighted by Gasteiger charge is -2.45. The SMILES string of the molecule is C=CC(=O)N1CCCC1.CCn1c2c(c3cc(-c4cccc(CC(NC(=O)C(C(C)C)N(C)C=O)C(=O)N5CCCCN5)c4)ccc31)C(C(C)(C)COC=O)[C@@H](N(C)C)c1ccncc1-2. The van der Waals surface area contributed by atoms with E-state index in [9.17, 15) is 24.0 Å². The molecule has 2 aromatic carbocycles. The van der Waals surface area contributed by atoms with Gasteiger partial charge in [-0.15, -0.1) is 0 Å². The van der Waals surface area contributed by atoms with Crippen LogP contribution in [0.3, 0.4) is 0 Å². The molecule has 0 spiro atoms. The molecule has 0 radical (unpaired) electrons. The number of amides is 4. The molecule has 2 aliphatic heterocycles. The first-order valence-electron chi connectivity index (χ1n) is 23.0. The number of likely N-dealkylation sites (tertiary alicyclic amines) is 1. The number of rotatable bonds is 16. The third kappa shape index (κ3) is 10.5. The zero-order valence-corrected chi connectivity index (χ0v) is 39.5. The van der Waals surface area contributed by atoms with Gasteiger partial charge in [0.15, 0.2) is 0 Å². The molecule has 4 heterocycles. The predicted molar refractivity (Wildman–Crippen MR) is 254 cm³/mol. The van der Waals surface area contributed by atoms with Crippen molar-refractivity contribution in [2.45, 2.75) is 97.3 Å². The number of nitrogens with one attached hydrogen (secondary N) is 2. The Balaban J connectivity index is 0.000000694. The zero-order valence-electron chi connectivity index (χ0n) is 39.5. The lowest BCUT2D eigenvalue weighted by molar-refractivity contribution is -0.142. The summed E-state index contributed by atoms with van der Waals surface area (Å²) in [5.41, 5.74) is 11.4. The Morgan fingerprint density at radius 3 is 2.35 bits per heavy atom. The van der Waals surface area contributed by atoms with Crippen LogP contribution in [0.5, 0.6) is 0 Å². The summed E-state index contributed by atoms with van der Waals surface area (Å²) in [6, 6.07) is 15.3. The number of likely N-dealkylation sites (N-methyl/N-ethyl adjacent to an activating group) is 2. The molecule has 2 fully saturated rings. The lowest BCUT2D eigenvalue weighted by atomic mass is 9.65. The fraction of sp³-hybridized carbons (Fsp3) is 0.490. The summed E-state index contributed by atoms with van der Waals surface area (Å²) in [5, 5.41) is 5.78. The maximum atomic E-state index is 14.0. The molecule has 7 rings (SSSR count). The van der Waals surface area contributed by atoms with Crippen molar-refractivity contribution in [3.05, 3.63) is 90.3 Å². The van der Waals surface area contributed by atoms with Crippen LogP contribution in [0, 0.1) is 11.3 Å². The normalized spacial score (nSPS) is 17.9. The highest BCUT2D eigenvalue weighted by atomic mass is 16.5. The molecule has 0 bridgehead atoms. The van der Waals surface area contributed by atoms with E-state index in [-0.39, 0.29) is 48.6 Å². The minimum absolute atomic E-state index is 0.00525. The first-order valence-corrected chi connectivity index (χ1v) is 23.0. The molecule has 4 amide bonds. The van der Waals surface area contributed by atoms with Gasteiger partial charge in [-0.2, -0.15) is 0 Å². The van der Waals surface area contributed by atoms with Gasteiger partial charge in [0, 0.05) is 92.4 Å². The third-order valence-electron chi connectivity index (χ3n) is 13.2. The number of hydrazine groups is 1. The number of carbonyl (C=O) groups is 5. The minimum atomic E-state index is -0.842. The second-order valence-corrected chi connectivity index (χ2v) is 18.8. The number of hydrogen-bond acceptors (Lipinski definition) is 9. The molecule has 14 nitrogen and oxygen atoms in total. The second-order valence-electron chi connectivity index (χ2n) is 18.8. The van der Waals surface area contributed by atoms with Crippen LogP contribution in [0.4, 0.5) is 0 Å². The van der Waals surface area contributed by atoms with Crippen molar-refractivity contribution >= 4 is 41.5 Å². The topological polar surface area (TPSA) is 149 Å². The van der Waals surface area contributed by atoms with Crippen LogP contribution in [-0.2, 0) is 41.7 Å². The molecule has 3 aliphatic rings. The van der Waals surface area contributed by atoms with Gasteiger partial charge in [-0.05, 0) is 105 Å². The van der Waals surface area contributed by atoms with E-state index in [2.05, 4.69) is 103 Å². The summed E-state index contributed by atoms with van der Waals surface area (Å²) >= 11 is 0. The van der Waals surface area contributed by atoms with Crippen molar-refractivity contribution in [1.29, 1.82) is 0 Å². The quantitative estimate of drug-likeness (QED) is 0.0970. The highest BCUT2D eigenvalue weighted by Crippen LogP contribution is 2.57. The summed E-state index contributed by atoms with van der Waals surface area (Å²) in [7, 11) is 5.79. The van der Waals surface area contributed by atoms with Gasteiger partial charge in [-0.3, -0.25) is 34.0 Å². The maximum Gasteiger partial charge on any atom is 0.293 e. The molecule has 4 atom stereocenters. The molecule has 348 valence electrons. The van der Waals surface area contributed by atoms with Gasteiger partial charge in [-0.1, -0.05) is 64.6 Å². The van der Waals surface area contributed by atoms with Crippen LogP contribution in [0.25, 0.3) is 33.3 Å². The smallest absolute Gasteiger partial charge is 0.293 e. The summed E-state index contributed by atoms with van der Waals surface area (Å²) in [6.45, 7) is 18.3. The molecule has 4 aromatic rings. The van der Waals surface area contributed by atoms with Gasteiger partial charge < -0.3 is 29.3 Å². The zero-order chi connectivity index (χ0) is 47.0. The molecule has 2 N–H and O–H groups in total. The van der Waals surface area contributed by atoms with Crippen molar-refractivity contribution < 1.29 is 28.7 Å². The lowest BCUT2D eigenvalue weighted by Crippen LogP contribution is -2.58. The van der Waals surface area contributed by atoms with Crippen LogP contribution in [0.15, 0.2) is 73.6 Å². The number of fused-ring (bicyclic) bond motifs is 5. The average Bonchev–Trinajstić information content (AvgIpc) is 3.97. The van der Waals surface area contributed by atoms with E-state index in [0.717, 1.165) is 84.2 Å². The maximum absolute atomic E-state index is 14.0. The Morgan fingerprint density at radius 2 is 1.72 bits per heavy atom. The van der Waals surface area contributed by atoms with E-state index in [4.69, 9.17) is 4.74 Å². The van der Waals surface area contributed by atoms with E-state index in [1.54, 1.807) is 12.1 Å². The van der Waals surface area contributed by atoms with E-state index in [1.165, 1.54) is 22.1 Å². The summed E-state index contributed by atoms with van der Waals surface area (Å²) in [4.78, 5) is 71.8.